The van der Waals surface area contributed by atoms with Crippen LogP contribution >= 0.6 is 11.8 Å². The molecule has 0 aromatic carbocycles. The quantitative estimate of drug-likeness (QED) is 0.772. The van der Waals surface area contributed by atoms with Gasteiger partial charge in [-0.05, 0) is 12.7 Å². The zero-order chi connectivity index (χ0) is 11.3. The van der Waals surface area contributed by atoms with Crippen molar-refractivity contribution in [3.63, 3.8) is 0 Å². The van der Waals surface area contributed by atoms with Gasteiger partial charge in [-0.25, -0.2) is 14.4 Å². The fourth-order valence-corrected chi connectivity index (χ4v) is 1.70. The molecular weight excluding hydrogens is 213 g/mol. The Bertz CT molecular complexity index is 320. The molecule has 0 spiro atoms. The van der Waals surface area contributed by atoms with Gasteiger partial charge in [-0.2, -0.15) is 11.8 Å². The van der Waals surface area contributed by atoms with Crippen LogP contribution in [0.4, 0.5) is 10.2 Å². The van der Waals surface area contributed by atoms with E-state index in [-0.39, 0.29) is 5.82 Å². The lowest BCUT2D eigenvalue weighted by molar-refractivity contribution is 0.589. The normalized spacial score (nSPS) is 10.4. The minimum absolute atomic E-state index is 0.288. The zero-order valence-electron chi connectivity index (χ0n) is 9.33. The number of thioether (sulfide) groups is 1. The maximum Gasteiger partial charge on any atom is 0.187 e. The van der Waals surface area contributed by atoms with E-state index >= 15 is 0 Å². The molecule has 0 aliphatic carbocycles. The summed E-state index contributed by atoms with van der Waals surface area (Å²) in [6, 6.07) is 0. The van der Waals surface area contributed by atoms with Crippen LogP contribution in [0.2, 0.25) is 0 Å². The van der Waals surface area contributed by atoms with Crippen LogP contribution < -0.4 is 4.90 Å². The maximum absolute atomic E-state index is 13.8. The minimum atomic E-state index is -0.288. The molecule has 0 saturated heterocycles. The molecule has 1 rings (SSSR count). The second-order valence-electron chi connectivity index (χ2n) is 3.23. The highest BCUT2D eigenvalue weighted by molar-refractivity contribution is 7.98. The fraction of sp³-hybridized carbons (Fsp3) is 0.600. The Morgan fingerprint density at radius 1 is 1.47 bits per heavy atom. The molecule has 0 amide bonds. The molecule has 0 N–H and O–H groups in total. The third-order valence-corrected chi connectivity index (χ3v) is 2.76. The van der Waals surface area contributed by atoms with Gasteiger partial charge in [0.15, 0.2) is 11.6 Å². The van der Waals surface area contributed by atoms with Gasteiger partial charge in [0.2, 0.25) is 0 Å². The topological polar surface area (TPSA) is 29.0 Å². The van der Waals surface area contributed by atoms with Crippen LogP contribution in [0.3, 0.4) is 0 Å². The average Bonchev–Trinajstić information content (AvgIpc) is 2.26. The highest BCUT2D eigenvalue weighted by atomic mass is 32.2. The largest absolute Gasteiger partial charge is 0.356 e. The van der Waals surface area contributed by atoms with E-state index < -0.39 is 0 Å². The molecule has 0 aliphatic heterocycles. The van der Waals surface area contributed by atoms with Crippen LogP contribution in [-0.4, -0.2) is 35.6 Å². The van der Waals surface area contributed by atoms with Crippen molar-refractivity contribution in [1.82, 2.24) is 9.97 Å². The summed E-state index contributed by atoms with van der Waals surface area (Å²) in [6.07, 6.45) is 4.05. The third kappa shape index (κ3) is 3.06. The van der Waals surface area contributed by atoms with Crippen molar-refractivity contribution in [2.24, 2.45) is 0 Å². The number of hydrogen-bond donors (Lipinski definition) is 0. The highest BCUT2D eigenvalue weighted by Crippen LogP contribution is 2.16. The maximum atomic E-state index is 13.8. The van der Waals surface area contributed by atoms with E-state index in [0.717, 1.165) is 12.3 Å². The van der Waals surface area contributed by atoms with Gasteiger partial charge < -0.3 is 4.90 Å². The van der Waals surface area contributed by atoms with Crippen molar-refractivity contribution in [3.05, 3.63) is 17.8 Å². The number of aromatic nitrogens is 2. The minimum Gasteiger partial charge on any atom is -0.356 e. The van der Waals surface area contributed by atoms with Crippen LogP contribution in [0, 0.1) is 5.82 Å². The van der Waals surface area contributed by atoms with Crippen LogP contribution in [-0.2, 0) is 6.42 Å². The van der Waals surface area contributed by atoms with Gasteiger partial charge in [0.05, 0.1) is 5.69 Å². The Morgan fingerprint density at radius 2 is 2.20 bits per heavy atom. The Balaban J connectivity index is 2.83. The Kier molecular flexibility index (Phi) is 4.81. The lowest BCUT2D eigenvalue weighted by atomic mass is 10.3. The molecule has 0 aliphatic rings. The predicted octanol–water partition coefficient (Wildman–Crippen LogP) is 1.98. The number of hydrogen-bond acceptors (Lipinski definition) is 4. The van der Waals surface area contributed by atoms with Gasteiger partial charge in [-0.3, -0.25) is 0 Å². The van der Waals surface area contributed by atoms with Crippen LogP contribution in [0.15, 0.2) is 6.33 Å². The average molecular weight is 229 g/mol. The first-order chi connectivity index (χ1) is 7.20. The molecule has 0 radical (unpaired) electrons. The van der Waals surface area contributed by atoms with Crippen molar-refractivity contribution in [3.8, 4) is 0 Å². The molecule has 1 heterocycles. The molecule has 0 unspecified atom stereocenters. The molecule has 1 aromatic rings. The van der Waals surface area contributed by atoms with E-state index in [2.05, 4.69) is 9.97 Å². The second-order valence-corrected chi connectivity index (χ2v) is 4.21. The smallest absolute Gasteiger partial charge is 0.187 e. The summed E-state index contributed by atoms with van der Waals surface area (Å²) >= 11 is 1.73. The number of nitrogens with zero attached hydrogens (tertiary/aromatic N) is 3. The summed E-state index contributed by atoms with van der Waals surface area (Å²) in [6.45, 7) is 2.68. The first-order valence-corrected chi connectivity index (χ1v) is 6.29. The molecule has 5 heteroatoms. The van der Waals surface area contributed by atoms with Gasteiger partial charge >= 0.3 is 0 Å². The Morgan fingerprint density at radius 3 is 2.80 bits per heavy atom. The SMILES string of the molecule is CCc1ncnc(N(C)CCSC)c1F. The monoisotopic (exact) mass is 229 g/mol. The number of anilines is 1. The van der Waals surface area contributed by atoms with Gasteiger partial charge in [0.25, 0.3) is 0 Å². The summed E-state index contributed by atoms with van der Waals surface area (Å²) in [5, 5.41) is 0. The number of halogens is 1. The Hall–Kier alpha value is -0.840. The molecule has 0 saturated carbocycles. The van der Waals surface area contributed by atoms with Crippen molar-refractivity contribution >= 4 is 17.6 Å². The zero-order valence-corrected chi connectivity index (χ0v) is 10.1. The van der Waals surface area contributed by atoms with Crippen molar-refractivity contribution in [2.45, 2.75) is 13.3 Å². The van der Waals surface area contributed by atoms with E-state index in [0.29, 0.717) is 17.9 Å². The van der Waals surface area contributed by atoms with E-state index in [1.165, 1.54) is 6.33 Å². The van der Waals surface area contributed by atoms with Crippen LogP contribution in [0.5, 0.6) is 0 Å². The second kappa shape index (κ2) is 5.90. The molecule has 15 heavy (non-hydrogen) atoms. The molecule has 1 aromatic heterocycles. The standard InChI is InChI=1S/C10H16FN3S/c1-4-8-9(11)10(13-7-12-8)14(2)5-6-15-3/h7H,4-6H2,1-3H3. The Labute approximate surface area is 94.1 Å². The van der Waals surface area contributed by atoms with E-state index in [4.69, 9.17) is 0 Å². The van der Waals surface area contributed by atoms with Crippen molar-refractivity contribution in [1.29, 1.82) is 0 Å². The number of rotatable bonds is 5. The summed E-state index contributed by atoms with van der Waals surface area (Å²) in [5.41, 5.74) is 0.482. The van der Waals surface area contributed by atoms with Gasteiger partial charge in [-0.1, -0.05) is 6.92 Å². The first-order valence-electron chi connectivity index (χ1n) is 4.90. The predicted molar refractivity (Wildman–Crippen MR) is 63.0 cm³/mol. The lowest BCUT2D eigenvalue weighted by Gasteiger charge is -2.18. The molecule has 0 atom stereocenters. The fourth-order valence-electron chi connectivity index (χ4n) is 1.24. The van der Waals surface area contributed by atoms with Crippen molar-refractivity contribution in [2.75, 3.05) is 30.5 Å². The molecule has 0 fully saturated rings. The van der Waals surface area contributed by atoms with E-state index in [9.17, 15) is 4.39 Å². The van der Waals surface area contributed by atoms with Gasteiger partial charge in [0.1, 0.15) is 6.33 Å². The molecule has 3 nitrogen and oxygen atoms in total. The molecule has 84 valence electrons. The molecular formula is C10H16FN3S. The summed E-state index contributed by atoms with van der Waals surface area (Å²) in [4.78, 5) is 9.70. The first kappa shape index (κ1) is 12.2. The lowest BCUT2D eigenvalue weighted by Crippen LogP contribution is -2.23. The summed E-state index contributed by atoms with van der Waals surface area (Å²) < 4.78 is 13.8. The summed E-state index contributed by atoms with van der Waals surface area (Å²) in [5.74, 6) is 1.07. The van der Waals surface area contributed by atoms with E-state index in [1.807, 2.05) is 25.1 Å². The van der Waals surface area contributed by atoms with Gasteiger partial charge in [-0.15, -0.1) is 0 Å². The van der Waals surface area contributed by atoms with Crippen LogP contribution in [0.25, 0.3) is 0 Å². The van der Waals surface area contributed by atoms with Crippen LogP contribution in [0.1, 0.15) is 12.6 Å². The third-order valence-electron chi connectivity index (χ3n) is 2.17. The number of aryl methyl sites for hydroxylation is 1. The van der Waals surface area contributed by atoms with E-state index in [1.54, 1.807) is 11.8 Å². The van der Waals surface area contributed by atoms with Crippen molar-refractivity contribution < 1.29 is 4.39 Å². The highest BCUT2D eigenvalue weighted by Gasteiger charge is 2.12. The van der Waals surface area contributed by atoms with Gasteiger partial charge in [0, 0.05) is 19.3 Å². The summed E-state index contributed by atoms with van der Waals surface area (Å²) in [7, 11) is 1.85. The molecule has 0 bridgehead atoms.